The van der Waals surface area contributed by atoms with Gasteiger partial charge in [0.2, 0.25) is 0 Å². The summed E-state index contributed by atoms with van der Waals surface area (Å²) in [7, 11) is 0. The van der Waals surface area contributed by atoms with Crippen LogP contribution >= 0.6 is 0 Å². The Kier molecular flexibility index (Phi) is 14.1. The molecule has 2 saturated heterocycles. The highest BCUT2D eigenvalue weighted by molar-refractivity contribution is 5.44. The van der Waals surface area contributed by atoms with Crippen LogP contribution in [0.5, 0.6) is 69.0 Å². The van der Waals surface area contributed by atoms with Crippen LogP contribution in [0.2, 0.25) is 0 Å². The second kappa shape index (κ2) is 20.0. The molecule has 10 nitrogen and oxygen atoms in total. The van der Waals surface area contributed by atoms with Gasteiger partial charge in [-0.3, -0.25) is 0 Å². The van der Waals surface area contributed by atoms with Crippen LogP contribution in [-0.2, 0) is 9.47 Å². The first-order valence-electron chi connectivity index (χ1n) is 18.6. The van der Waals surface area contributed by atoms with Crippen LogP contribution in [0.1, 0.15) is 27.2 Å². The van der Waals surface area contributed by atoms with Gasteiger partial charge < -0.3 is 48.1 Å². The number of rotatable bonds is 14. The van der Waals surface area contributed by atoms with E-state index in [1.54, 1.807) is 60.7 Å². The van der Waals surface area contributed by atoms with Crippen molar-refractivity contribution in [2.75, 3.05) is 26.4 Å². The quantitative estimate of drug-likeness (QED) is 0.103. The smallest absolute Gasteiger partial charge is 0.131 e. The molecule has 2 unspecified atom stereocenters. The van der Waals surface area contributed by atoms with Crippen LogP contribution in [0.4, 0.5) is 0 Å². The van der Waals surface area contributed by atoms with E-state index in [1.165, 1.54) is 25.0 Å². The molecule has 3 fully saturated rings. The van der Waals surface area contributed by atoms with Crippen LogP contribution in [0.15, 0.2) is 146 Å². The minimum absolute atomic E-state index is 0. The van der Waals surface area contributed by atoms with E-state index in [1.807, 2.05) is 72.8 Å². The van der Waals surface area contributed by atoms with Gasteiger partial charge in [-0.2, -0.15) is 0 Å². The SMILES string of the molecule is C.CC1CO1.Oc1cccc(Oc2cccc(Oc3cccc(O)c3)c2)c1.c1cc(OCC2CC2)cc(Oc2cccc(Oc3cccc(OCC4CO4)c3)c2)c1. The van der Waals surface area contributed by atoms with Gasteiger partial charge in [-0.05, 0) is 98.5 Å². The standard InChI is InChI=1S/C25H24O5.C18H14O4.C3H6O.CH4/c1-4-19(26-15-18-10-11-18)12-21(6-1)29-23-8-3-9-24(14-23)30-22-7-2-5-20(13-22)27-16-25-17-28-25;19-13-4-1-6-15(10-13)21-17-8-3-9-18(12-17)22-16-7-2-5-14(20)11-16;1-3-2-4-3;/h1-9,12-14,18,25H,10-11,15-17H2;1-12,19-20H;3H,2H2,1H3;1H4. The minimum atomic E-state index is 0. The number of epoxide rings is 2. The molecule has 6 aromatic carbocycles. The molecule has 0 aromatic heterocycles. The molecule has 9 rings (SSSR count). The van der Waals surface area contributed by atoms with Crippen LogP contribution in [0.3, 0.4) is 0 Å². The fraction of sp³-hybridized carbons (Fsp3) is 0.234. The zero-order valence-electron chi connectivity index (χ0n) is 31.0. The third-order valence-corrected chi connectivity index (χ3v) is 8.32. The normalized spacial score (nSPS) is 15.8. The maximum Gasteiger partial charge on any atom is 0.131 e. The summed E-state index contributed by atoms with van der Waals surface area (Å²) in [5, 5.41) is 18.9. The predicted molar refractivity (Wildman–Crippen MR) is 218 cm³/mol. The number of benzene rings is 6. The van der Waals surface area contributed by atoms with E-state index < -0.39 is 0 Å². The fourth-order valence-electron chi connectivity index (χ4n) is 5.04. The lowest BCUT2D eigenvalue weighted by molar-refractivity contribution is 0.262. The molecule has 0 bridgehead atoms. The largest absolute Gasteiger partial charge is 0.508 e. The van der Waals surface area contributed by atoms with Crippen LogP contribution in [-0.4, -0.2) is 48.8 Å². The monoisotopic (exact) mass is 772 g/mol. The van der Waals surface area contributed by atoms with Crippen molar-refractivity contribution in [1.29, 1.82) is 0 Å². The summed E-state index contributed by atoms with van der Waals surface area (Å²) in [6.07, 6.45) is 3.35. The Morgan fingerprint density at radius 3 is 1.07 bits per heavy atom. The molecule has 296 valence electrons. The molecule has 2 N–H and O–H groups in total. The molecule has 6 aromatic rings. The fourth-order valence-corrected chi connectivity index (χ4v) is 5.04. The first-order chi connectivity index (χ1) is 27.4. The van der Waals surface area contributed by atoms with Crippen molar-refractivity contribution in [2.24, 2.45) is 5.92 Å². The Balaban J connectivity index is 0.000000179. The molecule has 2 aliphatic heterocycles. The maximum atomic E-state index is 9.44. The Morgan fingerprint density at radius 1 is 0.456 bits per heavy atom. The second-order valence-corrected chi connectivity index (χ2v) is 13.5. The van der Waals surface area contributed by atoms with E-state index in [-0.39, 0.29) is 25.0 Å². The summed E-state index contributed by atoms with van der Waals surface area (Å²) in [4.78, 5) is 0. The molecule has 10 heteroatoms. The Labute approximate surface area is 333 Å². The van der Waals surface area contributed by atoms with Crippen LogP contribution in [0.25, 0.3) is 0 Å². The second-order valence-electron chi connectivity index (χ2n) is 13.5. The molecule has 2 heterocycles. The average Bonchev–Trinajstić information content (AvgIpc) is 4.05. The van der Waals surface area contributed by atoms with Crippen LogP contribution in [0, 0.1) is 5.92 Å². The highest BCUT2D eigenvalue weighted by atomic mass is 16.6. The van der Waals surface area contributed by atoms with Gasteiger partial charge in [0.05, 0.1) is 25.9 Å². The number of phenolic OH excluding ortho intramolecular Hbond substituents is 2. The molecule has 3 aliphatic rings. The van der Waals surface area contributed by atoms with Gasteiger partial charge in [0.15, 0.2) is 0 Å². The van der Waals surface area contributed by atoms with Gasteiger partial charge in [-0.25, -0.2) is 0 Å². The van der Waals surface area contributed by atoms with E-state index in [0.29, 0.717) is 58.9 Å². The number of hydrogen-bond acceptors (Lipinski definition) is 10. The van der Waals surface area contributed by atoms with Gasteiger partial charge in [0.25, 0.3) is 0 Å². The highest BCUT2D eigenvalue weighted by Crippen LogP contribution is 2.34. The number of ether oxygens (including phenoxy) is 8. The molecule has 1 saturated carbocycles. The lowest BCUT2D eigenvalue weighted by Gasteiger charge is -2.11. The molecule has 0 radical (unpaired) electrons. The van der Waals surface area contributed by atoms with Gasteiger partial charge in [-0.1, -0.05) is 43.8 Å². The molecule has 0 amide bonds. The van der Waals surface area contributed by atoms with Crippen molar-refractivity contribution in [3.63, 3.8) is 0 Å². The lowest BCUT2D eigenvalue weighted by Crippen LogP contribution is -2.03. The first-order valence-corrected chi connectivity index (χ1v) is 18.6. The number of hydrogen-bond donors (Lipinski definition) is 2. The highest BCUT2D eigenvalue weighted by Gasteiger charge is 2.23. The average molecular weight is 773 g/mol. The third kappa shape index (κ3) is 14.3. The maximum absolute atomic E-state index is 9.44. The molecule has 0 spiro atoms. The third-order valence-electron chi connectivity index (χ3n) is 8.32. The zero-order valence-corrected chi connectivity index (χ0v) is 31.0. The van der Waals surface area contributed by atoms with Crippen molar-refractivity contribution < 1.29 is 48.1 Å². The van der Waals surface area contributed by atoms with Crippen molar-refractivity contribution in [1.82, 2.24) is 0 Å². The van der Waals surface area contributed by atoms with Crippen molar-refractivity contribution in [3.8, 4) is 69.0 Å². The van der Waals surface area contributed by atoms with Gasteiger partial charge in [-0.15, -0.1) is 0 Å². The van der Waals surface area contributed by atoms with Gasteiger partial charge in [0, 0.05) is 36.4 Å². The van der Waals surface area contributed by atoms with E-state index in [9.17, 15) is 10.2 Å². The predicted octanol–water partition coefficient (Wildman–Crippen LogP) is 11.6. The van der Waals surface area contributed by atoms with Gasteiger partial charge >= 0.3 is 0 Å². The minimum Gasteiger partial charge on any atom is -0.508 e. The number of aromatic hydroxyl groups is 2. The van der Waals surface area contributed by atoms with Crippen molar-refractivity contribution in [3.05, 3.63) is 146 Å². The zero-order chi connectivity index (χ0) is 38.5. The number of phenols is 2. The van der Waals surface area contributed by atoms with E-state index in [2.05, 4.69) is 6.92 Å². The van der Waals surface area contributed by atoms with E-state index >= 15 is 0 Å². The molecule has 1 aliphatic carbocycles. The summed E-state index contributed by atoms with van der Waals surface area (Å²) in [6.45, 7) is 5.16. The summed E-state index contributed by atoms with van der Waals surface area (Å²) >= 11 is 0. The lowest BCUT2D eigenvalue weighted by atomic mass is 10.3. The van der Waals surface area contributed by atoms with Crippen molar-refractivity contribution in [2.45, 2.75) is 39.4 Å². The molecule has 57 heavy (non-hydrogen) atoms. The van der Waals surface area contributed by atoms with Crippen LogP contribution < -0.4 is 28.4 Å². The van der Waals surface area contributed by atoms with E-state index in [0.717, 1.165) is 37.1 Å². The molecule has 2 atom stereocenters. The molecular weight excluding hydrogens is 725 g/mol. The Bertz CT molecular complexity index is 2020. The summed E-state index contributed by atoms with van der Waals surface area (Å²) in [5.41, 5.74) is 0. The van der Waals surface area contributed by atoms with E-state index in [4.69, 9.17) is 37.9 Å². The first kappa shape index (κ1) is 40.3. The van der Waals surface area contributed by atoms with Gasteiger partial charge in [0.1, 0.15) is 81.7 Å². The van der Waals surface area contributed by atoms with Crippen molar-refractivity contribution >= 4 is 0 Å². The topological polar surface area (TPSA) is 121 Å². The summed E-state index contributed by atoms with van der Waals surface area (Å²) in [5.74, 6) is 7.68. The summed E-state index contributed by atoms with van der Waals surface area (Å²) < 4.78 is 44.8. The summed E-state index contributed by atoms with van der Waals surface area (Å²) in [6, 6.07) is 43.1. The molecular formula is C47H48O10. The Morgan fingerprint density at radius 2 is 0.754 bits per heavy atom. The Hall–Kier alpha value is -6.36.